The lowest BCUT2D eigenvalue weighted by atomic mass is 9.85. The van der Waals surface area contributed by atoms with Gasteiger partial charge in [0, 0.05) is 30.4 Å². The van der Waals surface area contributed by atoms with Gasteiger partial charge in [0.05, 0.1) is 0 Å². The van der Waals surface area contributed by atoms with Gasteiger partial charge in [-0.25, -0.2) is 0 Å². The maximum Gasteiger partial charge on any atom is 0.223 e. The van der Waals surface area contributed by atoms with Crippen LogP contribution in [0.2, 0.25) is 0 Å². The van der Waals surface area contributed by atoms with Crippen molar-refractivity contribution in [3.05, 3.63) is 29.6 Å². The van der Waals surface area contributed by atoms with E-state index in [9.17, 15) is 4.79 Å². The molecule has 1 aromatic heterocycles. The number of pyridine rings is 1. The van der Waals surface area contributed by atoms with Crippen LogP contribution in [0.5, 0.6) is 0 Å². The highest BCUT2D eigenvalue weighted by Gasteiger charge is 2.24. The number of aryl methyl sites for hydroxylation is 1. The number of hydrogen-bond acceptors (Lipinski definition) is 3. The number of carbonyl (C=O) groups excluding carboxylic acids is 1. The standard InChI is InChI=1S/C14H21N3O/c1-10-5-6-11(8-16-10)9-17-14(18)12-3-2-4-13(15)7-12/h5-6,8,12-13H,2-4,7,9,15H2,1H3,(H,17,18). The normalized spacial score (nSPS) is 23.7. The van der Waals surface area contributed by atoms with E-state index in [0.29, 0.717) is 6.54 Å². The monoisotopic (exact) mass is 247 g/mol. The predicted molar refractivity (Wildman–Crippen MR) is 70.8 cm³/mol. The SMILES string of the molecule is Cc1ccc(CNC(=O)C2CCCC(N)C2)cn1. The van der Waals surface area contributed by atoms with E-state index < -0.39 is 0 Å². The molecule has 1 saturated carbocycles. The van der Waals surface area contributed by atoms with E-state index in [-0.39, 0.29) is 17.9 Å². The Morgan fingerprint density at radius 3 is 3.00 bits per heavy atom. The van der Waals surface area contributed by atoms with E-state index in [1.54, 1.807) is 0 Å². The van der Waals surface area contributed by atoms with Crippen molar-refractivity contribution in [2.24, 2.45) is 11.7 Å². The Hall–Kier alpha value is -1.42. The molecule has 1 fully saturated rings. The lowest BCUT2D eigenvalue weighted by Gasteiger charge is -2.25. The van der Waals surface area contributed by atoms with E-state index in [2.05, 4.69) is 10.3 Å². The number of nitrogens with one attached hydrogen (secondary N) is 1. The second-order valence-corrected chi connectivity index (χ2v) is 5.15. The summed E-state index contributed by atoms with van der Waals surface area (Å²) in [6.07, 6.45) is 5.70. The summed E-state index contributed by atoms with van der Waals surface area (Å²) in [5.41, 5.74) is 7.92. The second-order valence-electron chi connectivity index (χ2n) is 5.15. The molecule has 0 saturated heterocycles. The lowest BCUT2D eigenvalue weighted by Crippen LogP contribution is -2.37. The topological polar surface area (TPSA) is 68.0 Å². The average molecular weight is 247 g/mol. The first-order valence-corrected chi connectivity index (χ1v) is 6.60. The molecule has 1 aliphatic carbocycles. The van der Waals surface area contributed by atoms with E-state index in [1.807, 2.05) is 25.3 Å². The van der Waals surface area contributed by atoms with Gasteiger partial charge in [-0.3, -0.25) is 9.78 Å². The summed E-state index contributed by atoms with van der Waals surface area (Å²) in [4.78, 5) is 16.2. The Bertz CT molecular complexity index is 402. The highest BCUT2D eigenvalue weighted by Crippen LogP contribution is 2.23. The number of hydrogen-bond donors (Lipinski definition) is 2. The molecule has 0 spiro atoms. The van der Waals surface area contributed by atoms with Crippen molar-refractivity contribution in [2.45, 2.75) is 45.2 Å². The molecule has 0 bridgehead atoms. The second kappa shape index (κ2) is 5.96. The zero-order chi connectivity index (χ0) is 13.0. The molecule has 0 radical (unpaired) electrons. The number of nitrogens with two attached hydrogens (primary N) is 1. The molecule has 2 atom stereocenters. The molecule has 3 N–H and O–H groups in total. The molecule has 2 unspecified atom stereocenters. The summed E-state index contributed by atoms with van der Waals surface area (Å²) in [5.74, 6) is 0.220. The maximum absolute atomic E-state index is 12.0. The minimum Gasteiger partial charge on any atom is -0.352 e. The Balaban J connectivity index is 1.82. The molecule has 0 aliphatic heterocycles. The largest absolute Gasteiger partial charge is 0.352 e. The van der Waals surface area contributed by atoms with Crippen molar-refractivity contribution in [3.8, 4) is 0 Å². The number of rotatable bonds is 3. The third kappa shape index (κ3) is 3.53. The third-order valence-electron chi connectivity index (χ3n) is 3.52. The molecule has 4 heteroatoms. The summed E-state index contributed by atoms with van der Waals surface area (Å²) < 4.78 is 0. The Morgan fingerprint density at radius 1 is 1.50 bits per heavy atom. The molecule has 18 heavy (non-hydrogen) atoms. The van der Waals surface area contributed by atoms with Crippen LogP contribution in [0.15, 0.2) is 18.3 Å². The van der Waals surface area contributed by atoms with Crippen molar-refractivity contribution in [2.75, 3.05) is 0 Å². The lowest BCUT2D eigenvalue weighted by molar-refractivity contribution is -0.126. The van der Waals surface area contributed by atoms with Crippen LogP contribution in [-0.2, 0) is 11.3 Å². The molecule has 1 heterocycles. The van der Waals surface area contributed by atoms with Crippen LogP contribution in [0, 0.1) is 12.8 Å². The molecular formula is C14H21N3O. The van der Waals surface area contributed by atoms with Crippen LogP contribution in [0.3, 0.4) is 0 Å². The molecule has 4 nitrogen and oxygen atoms in total. The van der Waals surface area contributed by atoms with Gasteiger partial charge in [0.25, 0.3) is 0 Å². The van der Waals surface area contributed by atoms with Crippen molar-refractivity contribution in [1.82, 2.24) is 10.3 Å². The van der Waals surface area contributed by atoms with Gasteiger partial charge in [-0.15, -0.1) is 0 Å². The number of aromatic nitrogens is 1. The summed E-state index contributed by atoms with van der Waals surface area (Å²) in [5, 5.41) is 2.97. The highest BCUT2D eigenvalue weighted by molar-refractivity contribution is 5.78. The van der Waals surface area contributed by atoms with Crippen LogP contribution in [0.4, 0.5) is 0 Å². The fraction of sp³-hybridized carbons (Fsp3) is 0.571. The van der Waals surface area contributed by atoms with E-state index in [1.165, 1.54) is 0 Å². The number of amides is 1. The highest BCUT2D eigenvalue weighted by atomic mass is 16.1. The zero-order valence-corrected chi connectivity index (χ0v) is 10.9. The van der Waals surface area contributed by atoms with Gasteiger partial charge in [-0.1, -0.05) is 12.5 Å². The molecule has 1 aromatic rings. The van der Waals surface area contributed by atoms with Gasteiger partial charge >= 0.3 is 0 Å². The third-order valence-corrected chi connectivity index (χ3v) is 3.52. The Kier molecular flexibility index (Phi) is 4.31. The molecule has 1 amide bonds. The van der Waals surface area contributed by atoms with Crippen LogP contribution < -0.4 is 11.1 Å². The van der Waals surface area contributed by atoms with E-state index in [4.69, 9.17) is 5.73 Å². The van der Waals surface area contributed by atoms with Crippen molar-refractivity contribution in [1.29, 1.82) is 0 Å². The van der Waals surface area contributed by atoms with Gasteiger partial charge in [0.1, 0.15) is 0 Å². The van der Waals surface area contributed by atoms with Crippen molar-refractivity contribution in [3.63, 3.8) is 0 Å². The van der Waals surface area contributed by atoms with Crippen LogP contribution >= 0.6 is 0 Å². The van der Waals surface area contributed by atoms with Crippen LogP contribution in [0.1, 0.15) is 36.9 Å². The van der Waals surface area contributed by atoms with Crippen molar-refractivity contribution < 1.29 is 4.79 Å². The van der Waals surface area contributed by atoms with Gasteiger partial charge in [0.15, 0.2) is 0 Å². The molecule has 2 rings (SSSR count). The Labute approximate surface area is 108 Å². The summed E-state index contributed by atoms with van der Waals surface area (Å²) in [7, 11) is 0. The zero-order valence-electron chi connectivity index (χ0n) is 10.9. The summed E-state index contributed by atoms with van der Waals surface area (Å²) in [6, 6.07) is 4.14. The van der Waals surface area contributed by atoms with Crippen LogP contribution in [-0.4, -0.2) is 16.9 Å². The predicted octanol–water partition coefficient (Wildman–Crippen LogP) is 1.52. The average Bonchev–Trinajstić information content (AvgIpc) is 2.38. The fourth-order valence-electron chi connectivity index (χ4n) is 2.40. The molecular weight excluding hydrogens is 226 g/mol. The van der Waals surface area contributed by atoms with Gasteiger partial charge < -0.3 is 11.1 Å². The quantitative estimate of drug-likeness (QED) is 0.851. The van der Waals surface area contributed by atoms with Gasteiger partial charge in [0.2, 0.25) is 5.91 Å². The molecule has 0 aromatic carbocycles. The first kappa shape index (κ1) is 13.0. The first-order chi connectivity index (χ1) is 8.65. The molecule has 98 valence electrons. The van der Waals surface area contributed by atoms with Crippen molar-refractivity contribution >= 4 is 5.91 Å². The number of carbonyl (C=O) groups is 1. The van der Waals surface area contributed by atoms with E-state index in [0.717, 1.165) is 36.9 Å². The first-order valence-electron chi connectivity index (χ1n) is 6.60. The van der Waals surface area contributed by atoms with E-state index >= 15 is 0 Å². The minimum absolute atomic E-state index is 0.0900. The minimum atomic E-state index is 0.0900. The maximum atomic E-state index is 12.0. The molecule has 1 aliphatic rings. The summed E-state index contributed by atoms with van der Waals surface area (Å²) in [6.45, 7) is 2.50. The fourth-order valence-corrected chi connectivity index (χ4v) is 2.40. The number of nitrogens with zero attached hydrogens (tertiary/aromatic N) is 1. The summed E-state index contributed by atoms with van der Waals surface area (Å²) >= 11 is 0. The Morgan fingerprint density at radius 2 is 2.33 bits per heavy atom. The van der Waals surface area contributed by atoms with Crippen LogP contribution in [0.25, 0.3) is 0 Å². The van der Waals surface area contributed by atoms with Gasteiger partial charge in [-0.05, 0) is 37.8 Å². The van der Waals surface area contributed by atoms with Gasteiger partial charge in [-0.2, -0.15) is 0 Å². The smallest absolute Gasteiger partial charge is 0.223 e.